The van der Waals surface area contributed by atoms with Gasteiger partial charge in [-0.2, -0.15) is 0 Å². The summed E-state index contributed by atoms with van der Waals surface area (Å²) in [5, 5.41) is 8.98. The van der Waals surface area contributed by atoms with E-state index in [2.05, 4.69) is 12.1 Å². The predicted molar refractivity (Wildman–Crippen MR) is 79.1 cm³/mol. The molecule has 0 saturated heterocycles. The van der Waals surface area contributed by atoms with Gasteiger partial charge in [0.2, 0.25) is 5.91 Å². The molecule has 2 aliphatic carbocycles. The van der Waals surface area contributed by atoms with E-state index in [-0.39, 0.29) is 24.4 Å². The average Bonchev–Trinajstić information content (AvgIpc) is 3.29. The van der Waals surface area contributed by atoms with Crippen molar-refractivity contribution in [2.45, 2.75) is 50.5 Å². The molecule has 21 heavy (non-hydrogen) atoms. The molecule has 0 spiro atoms. The molecule has 112 valence electrons. The summed E-state index contributed by atoms with van der Waals surface area (Å²) in [6.07, 6.45) is 5.55. The third-order valence-corrected chi connectivity index (χ3v) is 4.53. The maximum Gasteiger partial charge on any atom is 0.323 e. The predicted octanol–water partition coefficient (Wildman–Crippen LogP) is 2.57. The lowest BCUT2D eigenvalue weighted by Crippen LogP contribution is -2.38. The SMILES string of the molecule is O=C(O)CN(C(=O)CC1CCCc2ccccc21)C1CC1. The topological polar surface area (TPSA) is 57.6 Å². The molecule has 1 N–H and O–H groups in total. The molecular weight excluding hydrogens is 266 g/mol. The van der Waals surface area contributed by atoms with Gasteiger partial charge in [-0.3, -0.25) is 9.59 Å². The maximum absolute atomic E-state index is 12.5. The number of hydrogen-bond donors (Lipinski definition) is 1. The number of hydrogen-bond acceptors (Lipinski definition) is 2. The normalized spacial score (nSPS) is 20.7. The van der Waals surface area contributed by atoms with E-state index in [9.17, 15) is 9.59 Å². The van der Waals surface area contributed by atoms with Crippen LogP contribution in [-0.4, -0.2) is 34.5 Å². The van der Waals surface area contributed by atoms with Crippen molar-refractivity contribution in [3.8, 4) is 0 Å². The van der Waals surface area contributed by atoms with E-state index in [0.717, 1.165) is 32.1 Å². The number of carbonyl (C=O) groups is 2. The lowest BCUT2D eigenvalue weighted by molar-refractivity contribution is -0.145. The molecule has 0 bridgehead atoms. The van der Waals surface area contributed by atoms with Crippen LogP contribution in [0.4, 0.5) is 0 Å². The smallest absolute Gasteiger partial charge is 0.323 e. The van der Waals surface area contributed by atoms with Crippen molar-refractivity contribution < 1.29 is 14.7 Å². The Morgan fingerprint density at radius 1 is 1.19 bits per heavy atom. The molecule has 0 heterocycles. The van der Waals surface area contributed by atoms with Crippen molar-refractivity contribution >= 4 is 11.9 Å². The highest BCUT2D eigenvalue weighted by molar-refractivity contribution is 5.82. The van der Waals surface area contributed by atoms with Crippen molar-refractivity contribution in [2.75, 3.05) is 6.54 Å². The summed E-state index contributed by atoms with van der Waals surface area (Å²) in [5.41, 5.74) is 2.63. The van der Waals surface area contributed by atoms with Crippen LogP contribution in [0.3, 0.4) is 0 Å². The zero-order valence-corrected chi connectivity index (χ0v) is 12.1. The van der Waals surface area contributed by atoms with E-state index < -0.39 is 5.97 Å². The fraction of sp³-hybridized carbons (Fsp3) is 0.529. The summed E-state index contributed by atoms with van der Waals surface area (Å²) in [5.74, 6) is -0.668. The number of aliphatic carboxylic acids is 1. The molecule has 1 unspecified atom stereocenters. The second-order valence-corrected chi connectivity index (χ2v) is 6.14. The number of nitrogens with zero attached hydrogens (tertiary/aromatic N) is 1. The first kappa shape index (κ1) is 14.1. The van der Waals surface area contributed by atoms with Crippen molar-refractivity contribution in [3.63, 3.8) is 0 Å². The number of fused-ring (bicyclic) bond motifs is 1. The van der Waals surface area contributed by atoms with Gasteiger partial charge in [0.15, 0.2) is 0 Å². The van der Waals surface area contributed by atoms with Gasteiger partial charge in [-0.25, -0.2) is 0 Å². The highest BCUT2D eigenvalue weighted by Crippen LogP contribution is 2.35. The van der Waals surface area contributed by atoms with Crippen LogP contribution in [0.25, 0.3) is 0 Å². The molecule has 1 aromatic rings. The number of benzene rings is 1. The molecular formula is C17H21NO3. The van der Waals surface area contributed by atoms with Crippen molar-refractivity contribution in [1.29, 1.82) is 0 Å². The summed E-state index contributed by atoms with van der Waals surface area (Å²) < 4.78 is 0. The molecule has 1 amide bonds. The Morgan fingerprint density at radius 2 is 1.95 bits per heavy atom. The summed E-state index contributed by atoms with van der Waals surface area (Å²) in [6, 6.07) is 8.49. The molecule has 4 heteroatoms. The van der Waals surface area contributed by atoms with Gasteiger partial charge in [-0.05, 0) is 49.1 Å². The van der Waals surface area contributed by atoms with E-state index in [1.165, 1.54) is 11.1 Å². The zero-order valence-electron chi connectivity index (χ0n) is 12.1. The first-order valence-electron chi connectivity index (χ1n) is 7.74. The number of rotatable bonds is 5. The molecule has 2 aliphatic rings. The van der Waals surface area contributed by atoms with Crippen LogP contribution in [0.2, 0.25) is 0 Å². The monoisotopic (exact) mass is 287 g/mol. The second-order valence-electron chi connectivity index (χ2n) is 6.14. The Morgan fingerprint density at radius 3 is 2.67 bits per heavy atom. The van der Waals surface area contributed by atoms with Gasteiger partial charge in [0, 0.05) is 12.5 Å². The second kappa shape index (κ2) is 5.88. The number of carboxylic acids is 1. The van der Waals surface area contributed by atoms with Gasteiger partial charge < -0.3 is 10.0 Å². The number of amides is 1. The maximum atomic E-state index is 12.5. The van der Waals surface area contributed by atoms with Crippen LogP contribution in [0, 0.1) is 0 Å². The minimum Gasteiger partial charge on any atom is -0.480 e. The van der Waals surface area contributed by atoms with Gasteiger partial charge in [-0.1, -0.05) is 24.3 Å². The molecule has 4 nitrogen and oxygen atoms in total. The van der Waals surface area contributed by atoms with E-state index in [1.54, 1.807) is 4.90 Å². The van der Waals surface area contributed by atoms with Gasteiger partial charge in [0.05, 0.1) is 0 Å². The minimum atomic E-state index is -0.917. The lowest BCUT2D eigenvalue weighted by atomic mass is 9.81. The molecule has 1 atom stereocenters. The largest absolute Gasteiger partial charge is 0.480 e. The Balaban J connectivity index is 1.71. The quantitative estimate of drug-likeness (QED) is 0.905. The van der Waals surface area contributed by atoms with E-state index in [1.807, 2.05) is 12.1 Å². The first-order valence-corrected chi connectivity index (χ1v) is 7.74. The van der Waals surface area contributed by atoms with Gasteiger partial charge in [-0.15, -0.1) is 0 Å². The van der Waals surface area contributed by atoms with Crippen LogP contribution in [-0.2, 0) is 16.0 Å². The minimum absolute atomic E-state index is 0.00148. The Kier molecular flexibility index (Phi) is 3.95. The average molecular weight is 287 g/mol. The third kappa shape index (κ3) is 3.26. The highest BCUT2D eigenvalue weighted by Gasteiger charge is 2.35. The van der Waals surface area contributed by atoms with Crippen LogP contribution < -0.4 is 0 Å². The fourth-order valence-electron chi connectivity index (χ4n) is 3.35. The van der Waals surface area contributed by atoms with Gasteiger partial charge in [0.25, 0.3) is 0 Å². The van der Waals surface area contributed by atoms with Crippen LogP contribution in [0.1, 0.15) is 49.1 Å². The summed E-state index contributed by atoms with van der Waals surface area (Å²) in [6.45, 7) is -0.155. The number of carboxylic acid groups (broad SMARTS) is 1. The summed E-state index contributed by atoms with van der Waals surface area (Å²) in [4.78, 5) is 25.0. The van der Waals surface area contributed by atoms with Gasteiger partial charge in [0.1, 0.15) is 6.54 Å². The Labute approximate surface area is 124 Å². The molecule has 1 saturated carbocycles. The Bertz CT molecular complexity index is 551. The van der Waals surface area contributed by atoms with Crippen molar-refractivity contribution in [1.82, 2.24) is 4.90 Å². The highest BCUT2D eigenvalue weighted by atomic mass is 16.4. The van der Waals surface area contributed by atoms with E-state index in [4.69, 9.17) is 5.11 Å². The fourth-order valence-corrected chi connectivity index (χ4v) is 3.35. The van der Waals surface area contributed by atoms with E-state index >= 15 is 0 Å². The number of carbonyl (C=O) groups excluding carboxylic acids is 1. The van der Waals surface area contributed by atoms with E-state index in [0.29, 0.717) is 6.42 Å². The van der Waals surface area contributed by atoms with Crippen molar-refractivity contribution in [3.05, 3.63) is 35.4 Å². The van der Waals surface area contributed by atoms with Gasteiger partial charge >= 0.3 is 5.97 Å². The molecule has 0 radical (unpaired) electrons. The molecule has 0 aromatic heterocycles. The molecule has 1 fully saturated rings. The van der Waals surface area contributed by atoms with Crippen LogP contribution in [0.15, 0.2) is 24.3 Å². The van der Waals surface area contributed by atoms with Crippen LogP contribution in [0.5, 0.6) is 0 Å². The van der Waals surface area contributed by atoms with Crippen LogP contribution >= 0.6 is 0 Å². The Hall–Kier alpha value is -1.84. The summed E-state index contributed by atoms with van der Waals surface area (Å²) in [7, 11) is 0. The zero-order chi connectivity index (χ0) is 14.8. The lowest BCUT2D eigenvalue weighted by Gasteiger charge is -2.28. The molecule has 1 aromatic carbocycles. The third-order valence-electron chi connectivity index (χ3n) is 4.53. The molecule has 0 aliphatic heterocycles. The van der Waals surface area contributed by atoms with Crippen molar-refractivity contribution in [2.24, 2.45) is 0 Å². The first-order chi connectivity index (χ1) is 10.1. The molecule has 3 rings (SSSR count). The number of aryl methyl sites for hydroxylation is 1. The summed E-state index contributed by atoms with van der Waals surface area (Å²) >= 11 is 0. The standard InChI is InChI=1S/C17H21NO3/c19-16(18(11-17(20)21)14-8-9-14)10-13-6-3-5-12-4-1-2-7-15(12)13/h1-2,4,7,13-14H,3,5-6,8-11H2,(H,20,21).